The van der Waals surface area contributed by atoms with Gasteiger partial charge < -0.3 is 14.5 Å². The van der Waals surface area contributed by atoms with Gasteiger partial charge in [0.15, 0.2) is 0 Å². The zero-order valence-corrected chi connectivity index (χ0v) is 16.7. The Morgan fingerprint density at radius 3 is 2.81 bits per heavy atom. The number of carbonyl (C=O) groups excluding carboxylic acids is 2. The Hall–Kier alpha value is -1.88. The van der Waals surface area contributed by atoms with Gasteiger partial charge in [-0.15, -0.1) is 0 Å². The second-order valence-electron chi connectivity index (χ2n) is 8.18. The molecule has 2 fully saturated rings. The molecular formula is C22H32N2O3. The number of hydrogen-bond donors (Lipinski definition) is 0. The molecule has 0 N–H and O–H groups in total. The van der Waals surface area contributed by atoms with Crippen molar-refractivity contribution >= 4 is 11.8 Å². The molecule has 2 aliphatic rings. The molecule has 1 atom stereocenters. The van der Waals surface area contributed by atoms with E-state index in [1.165, 1.54) is 5.56 Å². The first-order chi connectivity index (χ1) is 13.0. The first kappa shape index (κ1) is 19.9. The number of nitrogens with zero attached hydrogens (tertiary/aromatic N) is 2. The molecule has 5 heteroatoms. The number of ether oxygens (including phenoxy) is 1. The number of aryl methyl sites for hydroxylation is 1. The van der Waals surface area contributed by atoms with Crippen LogP contribution in [0.3, 0.4) is 0 Å². The van der Waals surface area contributed by atoms with Gasteiger partial charge >= 0.3 is 0 Å². The van der Waals surface area contributed by atoms with Crippen LogP contribution >= 0.6 is 0 Å². The van der Waals surface area contributed by atoms with Crippen molar-refractivity contribution in [2.45, 2.75) is 45.4 Å². The Balaban J connectivity index is 1.63. The van der Waals surface area contributed by atoms with Crippen LogP contribution in [0, 0.1) is 12.3 Å². The van der Waals surface area contributed by atoms with Crippen molar-refractivity contribution in [1.82, 2.24) is 9.80 Å². The second-order valence-corrected chi connectivity index (χ2v) is 8.18. The summed E-state index contributed by atoms with van der Waals surface area (Å²) in [5.74, 6) is 0.464. The summed E-state index contributed by atoms with van der Waals surface area (Å²) < 4.78 is 5.13. The Bertz CT molecular complexity index is 675. The monoisotopic (exact) mass is 372 g/mol. The maximum atomic E-state index is 12.9. The van der Waals surface area contributed by atoms with E-state index in [2.05, 4.69) is 13.0 Å². The number of carbonyl (C=O) groups is 2. The van der Waals surface area contributed by atoms with Crippen LogP contribution < -0.4 is 0 Å². The van der Waals surface area contributed by atoms with E-state index in [0.29, 0.717) is 19.4 Å². The van der Waals surface area contributed by atoms with Crippen LogP contribution in [0.25, 0.3) is 0 Å². The predicted octanol–water partition coefficient (Wildman–Crippen LogP) is 2.81. The van der Waals surface area contributed by atoms with E-state index in [0.717, 1.165) is 57.4 Å². The highest BCUT2D eigenvalue weighted by molar-refractivity contribution is 5.80. The van der Waals surface area contributed by atoms with E-state index in [-0.39, 0.29) is 17.2 Å². The molecule has 2 amide bonds. The molecule has 2 aliphatic heterocycles. The lowest BCUT2D eigenvalue weighted by Gasteiger charge is -2.48. The molecule has 0 aliphatic carbocycles. The van der Waals surface area contributed by atoms with Gasteiger partial charge in [0.05, 0.1) is 6.42 Å². The van der Waals surface area contributed by atoms with Gasteiger partial charge in [0.25, 0.3) is 0 Å². The number of rotatable bonds is 6. The number of benzene rings is 1. The first-order valence-corrected chi connectivity index (χ1v) is 10.1. The topological polar surface area (TPSA) is 49.9 Å². The normalized spacial score (nSPS) is 23.1. The predicted molar refractivity (Wildman–Crippen MR) is 105 cm³/mol. The largest absolute Gasteiger partial charge is 0.385 e. The van der Waals surface area contributed by atoms with E-state index >= 15 is 0 Å². The second kappa shape index (κ2) is 8.87. The summed E-state index contributed by atoms with van der Waals surface area (Å²) in [7, 11) is 1.69. The van der Waals surface area contributed by atoms with Gasteiger partial charge in [-0.2, -0.15) is 0 Å². The summed E-state index contributed by atoms with van der Waals surface area (Å²) in [4.78, 5) is 29.3. The molecule has 1 aromatic carbocycles. The van der Waals surface area contributed by atoms with Gasteiger partial charge in [-0.25, -0.2) is 0 Å². The molecule has 0 bridgehead atoms. The molecule has 3 rings (SSSR count). The summed E-state index contributed by atoms with van der Waals surface area (Å²) in [6.07, 6.45) is 4.98. The third-order valence-corrected chi connectivity index (χ3v) is 6.14. The SMILES string of the molecule is COCCCN1CC2(CCCN(C(=O)Cc3ccccc3C)C2)CCC1=O. The van der Waals surface area contributed by atoms with Gasteiger partial charge in [-0.05, 0) is 43.7 Å². The molecular weight excluding hydrogens is 340 g/mol. The van der Waals surface area contributed by atoms with Crippen LogP contribution in [0.4, 0.5) is 0 Å². The van der Waals surface area contributed by atoms with Crippen molar-refractivity contribution in [3.05, 3.63) is 35.4 Å². The molecule has 0 aromatic heterocycles. The molecule has 1 spiro atoms. The van der Waals surface area contributed by atoms with Crippen molar-refractivity contribution in [3.63, 3.8) is 0 Å². The maximum Gasteiger partial charge on any atom is 0.227 e. The van der Waals surface area contributed by atoms with E-state index in [1.807, 2.05) is 28.0 Å². The Morgan fingerprint density at radius 2 is 2.04 bits per heavy atom. The highest BCUT2D eigenvalue weighted by atomic mass is 16.5. The highest BCUT2D eigenvalue weighted by Crippen LogP contribution is 2.39. The molecule has 1 aromatic rings. The van der Waals surface area contributed by atoms with E-state index < -0.39 is 0 Å². The summed E-state index contributed by atoms with van der Waals surface area (Å²) in [5.41, 5.74) is 2.35. The van der Waals surface area contributed by atoms with Crippen LogP contribution in [-0.2, 0) is 20.7 Å². The van der Waals surface area contributed by atoms with Crippen molar-refractivity contribution in [3.8, 4) is 0 Å². The smallest absolute Gasteiger partial charge is 0.227 e. The number of methoxy groups -OCH3 is 1. The number of piperidine rings is 2. The van der Waals surface area contributed by atoms with Crippen molar-refractivity contribution in [2.75, 3.05) is 39.9 Å². The minimum atomic E-state index is 0.0701. The van der Waals surface area contributed by atoms with E-state index in [4.69, 9.17) is 4.74 Å². The molecule has 148 valence electrons. The van der Waals surface area contributed by atoms with Crippen molar-refractivity contribution < 1.29 is 14.3 Å². The molecule has 2 saturated heterocycles. The quantitative estimate of drug-likeness (QED) is 0.722. The Kier molecular flexibility index (Phi) is 6.53. The van der Waals surface area contributed by atoms with Crippen molar-refractivity contribution in [2.24, 2.45) is 5.41 Å². The summed E-state index contributed by atoms with van der Waals surface area (Å²) in [5, 5.41) is 0. The van der Waals surface area contributed by atoms with Gasteiger partial charge in [0.1, 0.15) is 0 Å². The zero-order valence-electron chi connectivity index (χ0n) is 16.7. The van der Waals surface area contributed by atoms with Crippen LogP contribution in [0.1, 0.15) is 43.2 Å². The first-order valence-electron chi connectivity index (χ1n) is 10.1. The van der Waals surface area contributed by atoms with Crippen LogP contribution in [0.15, 0.2) is 24.3 Å². The highest BCUT2D eigenvalue weighted by Gasteiger charge is 2.42. The molecule has 27 heavy (non-hydrogen) atoms. The van der Waals surface area contributed by atoms with Crippen LogP contribution in [0.5, 0.6) is 0 Å². The molecule has 0 radical (unpaired) electrons. The van der Waals surface area contributed by atoms with Gasteiger partial charge in [0.2, 0.25) is 11.8 Å². The van der Waals surface area contributed by atoms with Gasteiger partial charge in [-0.3, -0.25) is 9.59 Å². The minimum Gasteiger partial charge on any atom is -0.385 e. The molecule has 1 unspecified atom stereocenters. The third-order valence-electron chi connectivity index (χ3n) is 6.14. The van der Waals surface area contributed by atoms with Gasteiger partial charge in [0, 0.05) is 51.7 Å². The van der Waals surface area contributed by atoms with Crippen molar-refractivity contribution in [1.29, 1.82) is 0 Å². The van der Waals surface area contributed by atoms with Gasteiger partial charge in [-0.1, -0.05) is 24.3 Å². The number of hydrogen-bond acceptors (Lipinski definition) is 3. The van der Waals surface area contributed by atoms with E-state index in [1.54, 1.807) is 7.11 Å². The maximum absolute atomic E-state index is 12.9. The molecule has 5 nitrogen and oxygen atoms in total. The summed E-state index contributed by atoms with van der Waals surface area (Å²) in [6.45, 7) is 5.90. The lowest BCUT2D eigenvalue weighted by Crippen LogP contribution is -2.55. The fraction of sp³-hybridized carbons (Fsp3) is 0.636. The molecule has 0 saturated carbocycles. The lowest BCUT2D eigenvalue weighted by molar-refractivity contribution is -0.143. The van der Waals surface area contributed by atoms with Crippen LogP contribution in [-0.4, -0.2) is 61.5 Å². The average Bonchev–Trinajstić information content (AvgIpc) is 2.67. The standard InChI is InChI=1S/C22H32N2O3/c1-18-7-3-4-8-19(18)15-21(26)24-12-5-10-22(17-24)11-9-20(25)23(16-22)13-6-14-27-2/h3-4,7-8H,5-6,9-17H2,1-2H3. The molecule has 2 heterocycles. The Morgan fingerprint density at radius 1 is 1.22 bits per heavy atom. The lowest BCUT2D eigenvalue weighted by atomic mass is 9.73. The Labute approximate surface area is 162 Å². The fourth-order valence-electron chi connectivity index (χ4n) is 4.54. The average molecular weight is 373 g/mol. The van der Waals surface area contributed by atoms with E-state index in [9.17, 15) is 9.59 Å². The summed E-state index contributed by atoms with van der Waals surface area (Å²) >= 11 is 0. The summed E-state index contributed by atoms with van der Waals surface area (Å²) in [6, 6.07) is 8.11. The number of amides is 2. The number of likely N-dealkylation sites (tertiary alicyclic amines) is 2. The zero-order chi connectivity index (χ0) is 19.3. The third kappa shape index (κ3) is 4.89. The fourth-order valence-corrected chi connectivity index (χ4v) is 4.54. The minimum absolute atomic E-state index is 0.0701. The van der Waals surface area contributed by atoms with Crippen LogP contribution in [0.2, 0.25) is 0 Å².